The molecule has 0 saturated heterocycles. The van der Waals surface area contributed by atoms with E-state index < -0.39 is 0 Å². The van der Waals surface area contributed by atoms with Crippen molar-refractivity contribution < 1.29 is 0 Å². The highest BCUT2D eigenvalue weighted by Gasteiger charge is 2.16. The second-order valence-electron chi connectivity index (χ2n) is 12.0. The summed E-state index contributed by atoms with van der Waals surface area (Å²) in [6, 6.07) is 60.6. The molecule has 0 spiro atoms. The molecular formula is C44H29ClN2. The monoisotopic (exact) mass is 620 g/mol. The van der Waals surface area contributed by atoms with Gasteiger partial charge in [0.05, 0.1) is 11.0 Å². The average Bonchev–Trinajstić information content (AvgIpc) is 3.71. The zero-order valence-electron chi connectivity index (χ0n) is 25.5. The topological polar surface area (TPSA) is 20.7 Å². The largest absolute Gasteiger partial charge is 0.354 e. The summed E-state index contributed by atoms with van der Waals surface area (Å²) in [7, 11) is 0. The standard InChI is InChI=1S/C44H29ClN2/c45-35-21-18-30(19-22-35)41-28-39-38(33-13-9-12-31(24-33)29-10-3-1-4-11-29)26-34(27-42(39)46-41)32-20-23-44-40(25-32)37-16-7-8-17-43(37)47(44)36-14-5-2-6-15-36/h1-28,46H. The molecule has 2 aromatic heterocycles. The Bertz CT molecular complexity index is 2560. The summed E-state index contributed by atoms with van der Waals surface area (Å²) in [5, 5.41) is 4.40. The zero-order chi connectivity index (χ0) is 31.3. The second-order valence-corrected chi connectivity index (χ2v) is 12.5. The molecule has 1 N–H and O–H groups in total. The fourth-order valence-electron chi connectivity index (χ4n) is 6.93. The highest BCUT2D eigenvalue weighted by Crippen LogP contribution is 2.40. The minimum absolute atomic E-state index is 0.731. The third-order valence-electron chi connectivity index (χ3n) is 9.19. The van der Waals surface area contributed by atoms with Crippen LogP contribution in [0.15, 0.2) is 170 Å². The van der Waals surface area contributed by atoms with Crippen LogP contribution in [0.2, 0.25) is 5.02 Å². The van der Waals surface area contributed by atoms with E-state index in [0.29, 0.717) is 0 Å². The van der Waals surface area contributed by atoms with Gasteiger partial charge in [0.1, 0.15) is 0 Å². The smallest absolute Gasteiger partial charge is 0.0541 e. The predicted molar refractivity (Wildman–Crippen MR) is 199 cm³/mol. The van der Waals surface area contributed by atoms with E-state index >= 15 is 0 Å². The lowest BCUT2D eigenvalue weighted by Gasteiger charge is -2.11. The van der Waals surface area contributed by atoms with Gasteiger partial charge in [0.15, 0.2) is 0 Å². The summed E-state index contributed by atoms with van der Waals surface area (Å²) in [5.74, 6) is 0. The Labute approximate surface area is 278 Å². The summed E-state index contributed by atoms with van der Waals surface area (Å²) >= 11 is 6.24. The van der Waals surface area contributed by atoms with E-state index in [-0.39, 0.29) is 0 Å². The molecule has 3 heteroatoms. The molecule has 0 aliphatic heterocycles. The van der Waals surface area contributed by atoms with Gasteiger partial charge in [0.25, 0.3) is 0 Å². The lowest BCUT2D eigenvalue weighted by molar-refractivity contribution is 1.18. The number of aromatic nitrogens is 2. The van der Waals surface area contributed by atoms with E-state index in [9.17, 15) is 0 Å². The molecule has 9 aromatic rings. The molecule has 0 radical (unpaired) electrons. The maximum atomic E-state index is 6.24. The van der Waals surface area contributed by atoms with Crippen molar-refractivity contribution in [2.45, 2.75) is 0 Å². The summed E-state index contributed by atoms with van der Waals surface area (Å²) in [6.45, 7) is 0. The average molecular weight is 621 g/mol. The predicted octanol–water partition coefficient (Wildman–Crippen LogP) is 12.6. The third kappa shape index (κ3) is 4.82. The quantitative estimate of drug-likeness (QED) is 0.198. The Morgan fingerprint density at radius 1 is 0.404 bits per heavy atom. The van der Waals surface area contributed by atoms with Crippen LogP contribution in [0.1, 0.15) is 0 Å². The van der Waals surface area contributed by atoms with Crippen molar-refractivity contribution in [2.75, 3.05) is 0 Å². The molecule has 9 rings (SSSR count). The fourth-order valence-corrected chi connectivity index (χ4v) is 7.06. The van der Waals surface area contributed by atoms with Gasteiger partial charge in [-0.15, -0.1) is 0 Å². The number of para-hydroxylation sites is 2. The summed E-state index contributed by atoms with van der Waals surface area (Å²) in [4.78, 5) is 3.74. The molecule has 0 atom stereocenters. The number of nitrogens with one attached hydrogen (secondary N) is 1. The van der Waals surface area contributed by atoms with Crippen LogP contribution in [0, 0.1) is 0 Å². The second kappa shape index (κ2) is 11.2. The Kier molecular flexibility index (Phi) is 6.55. The van der Waals surface area contributed by atoms with Gasteiger partial charge in [-0.2, -0.15) is 0 Å². The van der Waals surface area contributed by atoms with Gasteiger partial charge >= 0.3 is 0 Å². The number of nitrogens with zero attached hydrogens (tertiary/aromatic N) is 1. The van der Waals surface area contributed by atoms with Crippen molar-refractivity contribution in [3.05, 3.63) is 175 Å². The van der Waals surface area contributed by atoms with Gasteiger partial charge in [-0.1, -0.05) is 115 Å². The van der Waals surface area contributed by atoms with Gasteiger partial charge in [-0.05, 0) is 106 Å². The molecule has 0 amide bonds. The van der Waals surface area contributed by atoms with Crippen molar-refractivity contribution in [1.29, 1.82) is 0 Å². The number of halogens is 1. The first-order chi connectivity index (χ1) is 23.2. The first kappa shape index (κ1) is 27.5. The number of rotatable bonds is 5. The van der Waals surface area contributed by atoms with Crippen molar-refractivity contribution >= 4 is 44.3 Å². The molecule has 0 aliphatic rings. The molecule has 7 aromatic carbocycles. The highest BCUT2D eigenvalue weighted by atomic mass is 35.5. The van der Waals surface area contributed by atoms with E-state index in [1.54, 1.807) is 0 Å². The molecule has 0 fully saturated rings. The van der Waals surface area contributed by atoms with Gasteiger partial charge in [-0.25, -0.2) is 0 Å². The van der Waals surface area contributed by atoms with Crippen LogP contribution in [0.5, 0.6) is 0 Å². The molecular weight excluding hydrogens is 592 g/mol. The number of benzene rings is 7. The first-order valence-electron chi connectivity index (χ1n) is 15.9. The van der Waals surface area contributed by atoms with Crippen molar-refractivity contribution in [2.24, 2.45) is 0 Å². The van der Waals surface area contributed by atoms with Crippen LogP contribution in [-0.4, -0.2) is 9.55 Å². The summed E-state index contributed by atoms with van der Waals surface area (Å²) in [6.07, 6.45) is 0. The minimum atomic E-state index is 0.731. The Hall–Kier alpha value is -5.83. The number of fused-ring (bicyclic) bond motifs is 4. The van der Waals surface area contributed by atoms with E-state index in [2.05, 4.69) is 167 Å². The van der Waals surface area contributed by atoms with Crippen molar-refractivity contribution in [3.63, 3.8) is 0 Å². The van der Waals surface area contributed by atoms with Crippen LogP contribution in [-0.2, 0) is 0 Å². The zero-order valence-corrected chi connectivity index (χ0v) is 26.2. The number of aromatic amines is 1. The van der Waals surface area contributed by atoms with E-state index in [1.165, 1.54) is 60.6 Å². The summed E-state index contributed by atoms with van der Waals surface area (Å²) in [5.41, 5.74) is 14.0. The Morgan fingerprint density at radius 2 is 1.06 bits per heavy atom. The van der Waals surface area contributed by atoms with Gasteiger partial charge in [-0.3, -0.25) is 0 Å². The van der Waals surface area contributed by atoms with Crippen molar-refractivity contribution in [3.8, 4) is 50.3 Å². The molecule has 47 heavy (non-hydrogen) atoms. The van der Waals surface area contributed by atoms with Gasteiger partial charge in [0.2, 0.25) is 0 Å². The third-order valence-corrected chi connectivity index (χ3v) is 9.45. The number of H-pyrrole nitrogens is 1. The van der Waals surface area contributed by atoms with Crippen LogP contribution >= 0.6 is 11.6 Å². The van der Waals surface area contributed by atoms with Crippen LogP contribution < -0.4 is 0 Å². The Balaban J connectivity index is 1.26. The lowest BCUT2D eigenvalue weighted by Crippen LogP contribution is -1.92. The molecule has 0 unspecified atom stereocenters. The van der Waals surface area contributed by atoms with Crippen molar-refractivity contribution in [1.82, 2.24) is 9.55 Å². The van der Waals surface area contributed by atoms with E-state index in [4.69, 9.17) is 11.6 Å². The van der Waals surface area contributed by atoms with E-state index in [1.807, 2.05) is 12.1 Å². The van der Waals surface area contributed by atoms with Crippen LogP contribution in [0.3, 0.4) is 0 Å². The lowest BCUT2D eigenvalue weighted by atomic mass is 9.93. The molecule has 0 bridgehead atoms. The number of hydrogen-bond donors (Lipinski definition) is 1. The van der Waals surface area contributed by atoms with Crippen LogP contribution in [0.25, 0.3) is 83.0 Å². The SMILES string of the molecule is Clc1ccc(-c2cc3c(-c4cccc(-c5ccccc5)c4)cc(-c4ccc5c(c4)c4ccccc4n5-c4ccccc4)cc3[nH]2)cc1. The number of hydrogen-bond acceptors (Lipinski definition) is 0. The first-order valence-corrected chi connectivity index (χ1v) is 16.2. The fraction of sp³-hybridized carbons (Fsp3) is 0. The molecule has 222 valence electrons. The molecule has 0 aliphatic carbocycles. The Morgan fingerprint density at radius 3 is 1.89 bits per heavy atom. The van der Waals surface area contributed by atoms with Gasteiger partial charge < -0.3 is 9.55 Å². The maximum absolute atomic E-state index is 6.24. The minimum Gasteiger partial charge on any atom is -0.354 e. The van der Waals surface area contributed by atoms with Gasteiger partial charge in [0, 0.05) is 38.1 Å². The molecule has 2 heterocycles. The summed E-state index contributed by atoms with van der Waals surface area (Å²) < 4.78 is 2.36. The van der Waals surface area contributed by atoms with Crippen LogP contribution in [0.4, 0.5) is 0 Å². The van der Waals surface area contributed by atoms with E-state index in [0.717, 1.165) is 27.5 Å². The highest BCUT2D eigenvalue weighted by molar-refractivity contribution is 6.30. The maximum Gasteiger partial charge on any atom is 0.0541 e. The molecule has 2 nitrogen and oxygen atoms in total. The normalized spacial score (nSPS) is 11.5. The molecule has 0 saturated carbocycles.